The summed E-state index contributed by atoms with van der Waals surface area (Å²) in [6.07, 6.45) is 6.77. The summed E-state index contributed by atoms with van der Waals surface area (Å²) in [7, 11) is 6.00. The third-order valence-corrected chi connectivity index (χ3v) is 4.53. The van der Waals surface area contributed by atoms with E-state index in [0.29, 0.717) is 5.41 Å². The van der Waals surface area contributed by atoms with Crippen LogP contribution in [0.15, 0.2) is 24.3 Å². The number of benzene rings is 1. The van der Waals surface area contributed by atoms with Crippen LogP contribution in [-0.2, 0) is 0 Å². The minimum atomic E-state index is 0.405. The molecule has 0 unspecified atom stereocenters. The van der Waals surface area contributed by atoms with Gasteiger partial charge in [-0.3, -0.25) is 0 Å². The molecule has 0 aromatic heterocycles. The molecule has 112 valence electrons. The minimum Gasteiger partial charge on any atom is -0.495 e. The van der Waals surface area contributed by atoms with Crippen LogP contribution in [0, 0.1) is 5.41 Å². The second kappa shape index (κ2) is 6.98. The Morgan fingerprint density at radius 3 is 2.55 bits per heavy atom. The van der Waals surface area contributed by atoms with Crippen molar-refractivity contribution in [2.45, 2.75) is 32.1 Å². The summed E-state index contributed by atoms with van der Waals surface area (Å²) in [6, 6.07) is 8.30. The molecule has 0 bridgehead atoms. The minimum absolute atomic E-state index is 0.405. The van der Waals surface area contributed by atoms with Crippen molar-refractivity contribution in [1.82, 2.24) is 5.32 Å². The highest BCUT2D eigenvalue weighted by molar-refractivity contribution is 5.58. The van der Waals surface area contributed by atoms with Crippen LogP contribution in [0.4, 0.5) is 5.69 Å². The Balaban J connectivity index is 2.13. The van der Waals surface area contributed by atoms with Gasteiger partial charge < -0.3 is 15.0 Å². The van der Waals surface area contributed by atoms with Crippen molar-refractivity contribution in [2.24, 2.45) is 5.41 Å². The van der Waals surface area contributed by atoms with Crippen molar-refractivity contribution >= 4 is 5.69 Å². The van der Waals surface area contributed by atoms with Crippen LogP contribution < -0.4 is 15.0 Å². The van der Waals surface area contributed by atoms with E-state index in [1.165, 1.54) is 37.8 Å². The molecule has 0 amide bonds. The average molecular weight is 276 g/mol. The zero-order valence-corrected chi connectivity index (χ0v) is 13.1. The summed E-state index contributed by atoms with van der Waals surface area (Å²) in [5, 5.41) is 3.41. The number of ether oxygens (including phenoxy) is 1. The number of anilines is 1. The normalized spacial score (nSPS) is 17.8. The Labute approximate surface area is 123 Å². The van der Waals surface area contributed by atoms with E-state index in [1.54, 1.807) is 7.11 Å². The van der Waals surface area contributed by atoms with Crippen molar-refractivity contribution < 1.29 is 4.74 Å². The first-order valence-corrected chi connectivity index (χ1v) is 7.69. The summed E-state index contributed by atoms with van der Waals surface area (Å²) < 4.78 is 5.49. The van der Waals surface area contributed by atoms with Crippen molar-refractivity contribution in [3.8, 4) is 5.75 Å². The van der Waals surface area contributed by atoms with Crippen molar-refractivity contribution in [3.63, 3.8) is 0 Å². The molecule has 0 aliphatic heterocycles. The quantitative estimate of drug-likeness (QED) is 0.863. The number of hydrogen-bond donors (Lipinski definition) is 1. The smallest absolute Gasteiger partial charge is 0.142 e. The highest BCUT2D eigenvalue weighted by Crippen LogP contribution is 2.38. The van der Waals surface area contributed by atoms with E-state index in [4.69, 9.17) is 4.74 Å². The molecule has 0 saturated heterocycles. The van der Waals surface area contributed by atoms with Gasteiger partial charge in [0.25, 0.3) is 0 Å². The largest absolute Gasteiger partial charge is 0.495 e. The van der Waals surface area contributed by atoms with Crippen molar-refractivity contribution in [3.05, 3.63) is 24.3 Å². The van der Waals surface area contributed by atoms with Gasteiger partial charge in [-0.15, -0.1) is 0 Å². The molecule has 1 saturated carbocycles. The maximum absolute atomic E-state index is 5.49. The molecule has 3 nitrogen and oxygen atoms in total. The maximum atomic E-state index is 5.49. The summed E-state index contributed by atoms with van der Waals surface area (Å²) in [5.74, 6) is 0.963. The van der Waals surface area contributed by atoms with Gasteiger partial charge in [-0.1, -0.05) is 31.4 Å². The molecule has 1 aromatic carbocycles. The number of hydrogen-bond acceptors (Lipinski definition) is 3. The number of methoxy groups -OCH3 is 1. The summed E-state index contributed by atoms with van der Waals surface area (Å²) in [5.41, 5.74) is 1.60. The lowest BCUT2D eigenvalue weighted by atomic mass is 9.73. The lowest BCUT2D eigenvalue weighted by molar-refractivity contribution is 0.193. The van der Waals surface area contributed by atoms with Gasteiger partial charge in [0.15, 0.2) is 0 Å². The fourth-order valence-electron chi connectivity index (χ4n) is 3.60. The van der Waals surface area contributed by atoms with E-state index >= 15 is 0 Å². The maximum Gasteiger partial charge on any atom is 0.142 e. The van der Waals surface area contributed by atoms with Gasteiger partial charge in [0, 0.05) is 25.6 Å². The molecule has 20 heavy (non-hydrogen) atoms. The van der Waals surface area contributed by atoms with Crippen LogP contribution in [-0.4, -0.2) is 34.3 Å². The Morgan fingerprint density at radius 2 is 1.90 bits per heavy atom. The van der Waals surface area contributed by atoms with E-state index < -0.39 is 0 Å². The first-order valence-electron chi connectivity index (χ1n) is 7.69. The van der Waals surface area contributed by atoms with Gasteiger partial charge in [0.1, 0.15) is 5.75 Å². The second-order valence-corrected chi connectivity index (χ2v) is 6.12. The van der Waals surface area contributed by atoms with Gasteiger partial charge >= 0.3 is 0 Å². The first-order chi connectivity index (χ1) is 9.71. The summed E-state index contributed by atoms with van der Waals surface area (Å²) in [4.78, 5) is 2.36. The van der Waals surface area contributed by atoms with Crippen LogP contribution in [0.5, 0.6) is 5.75 Å². The van der Waals surface area contributed by atoms with Crippen LogP contribution >= 0.6 is 0 Å². The molecule has 0 radical (unpaired) electrons. The number of para-hydroxylation sites is 2. The molecule has 1 aliphatic rings. The first kappa shape index (κ1) is 15.2. The van der Waals surface area contributed by atoms with Gasteiger partial charge in [-0.05, 0) is 32.0 Å². The average Bonchev–Trinajstić information content (AvgIpc) is 2.48. The molecule has 0 atom stereocenters. The summed E-state index contributed by atoms with van der Waals surface area (Å²) in [6.45, 7) is 2.20. The zero-order chi connectivity index (χ0) is 14.4. The molecule has 3 heteroatoms. The lowest BCUT2D eigenvalue weighted by Gasteiger charge is -2.41. The Bertz CT molecular complexity index is 408. The molecule has 1 aliphatic carbocycles. The Kier molecular flexibility index (Phi) is 5.30. The number of nitrogens with zero attached hydrogens (tertiary/aromatic N) is 1. The van der Waals surface area contributed by atoms with Crippen LogP contribution in [0.1, 0.15) is 32.1 Å². The van der Waals surface area contributed by atoms with E-state index in [9.17, 15) is 0 Å². The van der Waals surface area contributed by atoms with E-state index in [2.05, 4.69) is 36.4 Å². The van der Waals surface area contributed by atoms with E-state index in [-0.39, 0.29) is 0 Å². The van der Waals surface area contributed by atoms with E-state index in [0.717, 1.165) is 18.8 Å². The fraction of sp³-hybridized carbons (Fsp3) is 0.647. The van der Waals surface area contributed by atoms with Gasteiger partial charge in [0.2, 0.25) is 0 Å². The highest BCUT2D eigenvalue weighted by Gasteiger charge is 2.33. The standard InChI is InChI=1S/C17H28N2O/c1-18-13-17(11-7-4-8-12-17)14-19(2)15-9-5-6-10-16(15)20-3/h5-6,9-10,18H,4,7-8,11-14H2,1-3H3. The number of rotatable bonds is 6. The van der Waals surface area contributed by atoms with Crippen molar-refractivity contribution in [1.29, 1.82) is 0 Å². The molecule has 1 N–H and O–H groups in total. The summed E-state index contributed by atoms with van der Waals surface area (Å²) >= 11 is 0. The molecular weight excluding hydrogens is 248 g/mol. The third-order valence-electron chi connectivity index (χ3n) is 4.53. The predicted molar refractivity (Wildman–Crippen MR) is 85.7 cm³/mol. The SMILES string of the molecule is CNCC1(CN(C)c2ccccc2OC)CCCCC1. The number of nitrogens with one attached hydrogen (secondary N) is 1. The topological polar surface area (TPSA) is 24.5 Å². The fourth-order valence-corrected chi connectivity index (χ4v) is 3.60. The molecule has 0 heterocycles. The Hall–Kier alpha value is -1.22. The van der Waals surface area contributed by atoms with Crippen molar-refractivity contribution in [2.75, 3.05) is 39.2 Å². The van der Waals surface area contributed by atoms with Gasteiger partial charge in [-0.25, -0.2) is 0 Å². The second-order valence-electron chi connectivity index (χ2n) is 6.12. The van der Waals surface area contributed by atoms with Gasteiger partial charge in [0.05, 0.1) is 12.8 Å². The highest BCUT2D eigenvalue weighted by atomic mass is 16.5. The molecule has 2 rings (SSSR count). The molecule has 1 fully saturated rings. The van der Waals surface area contributed by atoms with Crippen LogP contribution in [0.2, 0.25) is 0 Å². The Morgan fingerprint density at radius 1 is 1.20 bits per heavy atom. The molecular formula is C17H28N2O. The monoisotopic (exact) mass is 276 g/mol. The van der Waals surface area contributed by atoms with E-state index in [1.807, 2.05) is 12.1 Å². The lowest BCUT2D eigenvalue weighted by Crippen LogP contribution is -2.43. The predicted octanol–water partition coefficient (Wildman–Crippen LogP) is 3.30. The van der Waals surface area contributed by atoms with Crippen LogP contribution in [0.25, 0.3) is 0 Å². The molecule has 0 spiro atoms. The zero-order valence-electron chi connectivity index (χ0n) is 13.1. The van der Waals surface area contributed by atoms with Gasteiger partial charge in [-0.2, -0.15) is 0 Å². The van der Waals surface area contributed by atoms with Crippen LogP contribution in [0.3, 0.4) is 0 Å². The molecule has 1 aromatic rings. The third kappa shape index (κ3) is 3.45.